The maximum absolute atomic E-state index is 13.2. The van der Waals surface area contributed by atoms with Crippen LogP contribution >= 0.6 is 11.8 Å². The van der Waals surface area contributed by atoms with Gasteiger partial charge in [-0.2, -0.15) is 0 Å². The monoisotopic (exact) mass is 418 g/mol. The van der Waals surface area contributed by atoms with Crippen molar-refractivity contribution in [2.24, 2.45) is 11.3 Å². The third-order valence-electron chi connectivity index (χ3n) is 6.06. The highest BCUT2D eigenvalue weighted by Crippen LogP contribution is 2.51. The summed E-state index contributed by atoms with van der Waals surface area (Å²) in [6.07, 6.45) is 1.81. The summed E-state index contributed by atoms with van der Waals surface area (Å²) < 4.78 is 5.30. The fourth-order valence-corrected chi connectivity index (χ4v) is 5.48. The van der Waals surface area contributed by atoms with Gasteiger partial charge >= 0.3 is 0 Å². The predicted octanol–water partition coefficient (Wildman–Crippen LogP) is 4.19. The molecule has 5 rings (SSSR count). The zero-order valence-corrected chi connectivity index (χ0v) is 17.6. The van der Waals surface area contributed by atoms with Crippen molar-refractivity contribution >= 4 is 35.0 Å². The van der Waals surface area contributed by atoms with Crippen LogP contribution in [-0.4, -0.2) is 31.6 Å². The number of nitrogens with one attached hydrogen (secondary N) is 1. The minimum Gasteiger partial charge on any atom is -0.380 e. The largest absolute Gasteiger partial charge is 0.380 e. The summed E-state index contributed by atoms with van der Waals surface area (Å²) in [6.45, 7) is 3.67. The molecule has 2 amide bonds. The second-order valence-corrected chi connectivity index (χ2v) is 9.27. The van der Waals surface area contributed by atoms with E-state index in [0.29, 0.717) is 12.1 Å². The van der Waals surface area contributed by atoms with E-state index >= 15 is 0 Å². The van der Waals surface area contributed by atoms with E-state index in [0.717, 1.165) is 47.2 Å². The Morgan fingerprint density at radius 1 is 1.23 bits per heavy atom. The van der Waals surface area contributed by atoms with E-state index in [1.807, 2.05) is 42.5 Å². The summed E-state index contributed by atoms with van der Waals surface area (Å²) >= 11 is 1.55. The zero-order valence-electron chi connectivity index (χ0n) is 16.7. The summed E-state index contributed by atoms with van der Waals surface area (Å²) in [5, 5.41) is 3.07. The molecule has 1 saturated carbocycles. The van der Waals surface area contributed by atoms with Gasteiger partial charge in [-0.25, -0.2) is 0 Å². The number of ether oxygens (including phenoxy) is 1. The maximum atomic E-state index is 13.2. The molecule has 3 aliphatic rings. The van der Waals surface area contributed by atoms with Gasteiger partial charge < -0.3 is 10.1 Å². The molecular weight excluding hydrogens is 396 g/mol. The number of hydrogen-bond donors (Lipinski definition) is 1. The Morgan fingerprint density at radius 3 is 2.77 bits per heavy atom. The Bertz CT molecular complexity index is 1090. The lowest BCUT2D eigenvalue weighted by Gasteiger charge is -2.52. The summed E-state index contributed by atoms with van der Waals surface area (Å²) in [4.78, 5) is 29.4. The van der Waals surface area contributed by atoms with Gasteiger partial charge in [-0.05, 0) is 50.1 Å². The Hall–Kier alpha value is -2.75. The number of carbonyl (C=O) groups excluding carboxylic acids is 2. The highest BCUT2D eigenvalue weighted by molar-refractivity contribution is 7.99. The normalized spacial score (nSPS) is 18.8. The van der Waals surface area contributed by atoms with E-state index < -0.39 is 0 Å². The van der Waals surface area contributed by atoms with E-state index in [1.54, 1.807) is 23.6 Å². The first kappa shape index (κ1) is 19.2. The number of rotatable bonds is 3. The van der Waals surface area contributed by atoms with Crippen molar-refractivity contribution in [3.63, 3.8) is 0 Å². The number of anilines is 2. The van der Waals surface area contributed by atoms with Gasteiger partial charge in [-0.15, -0.1) is 5.92 Å². The van der Waals surface area contributed by atoms with Crippen LogP contribution in [0.1, 0.15) is 30.1 Å². The first-order valence-electron chi connectivity index (χ1n) is 10.1. The van der Waals surface area contributed by atoms with Crippen LogP contribution in [0.15, 0.2) is 52.3 Å². The number of nitrogens with zero attached hydrogens (tertiary/aromatic N) is 1. The molecule has 0 unspecified atom stereocenters. The summed E-state index contributed by atoms with van der Waals surface area (Å²) in [5.74, 6) is 5.95. The van der Waals surface area contributed by atoms with Gasteiger partial charge in [0.25, 0.3) is 5.91 Å². The summed E-state index contributed by atoms with van der Waals surface area (Å²) in [7, 11) is 0. The van der Waals surface area contributed by atoms with E-state index in [1.165, 1.54) is 0 Å². The van der Waals surface area contributed by atoms with Crippen LogP contribution in [0.2, 0.25) is 0 Å². The molecule has 1 N–H and O–H groups in total. The Kier molecular flexibility index (Phi) is 4.80. The van der Waals surface area contributed by atoms with Gasteiger partial charge in [0.15, 0.2) is 0 Å². The van der Waals surface area contributed by atoms with Crippen LogP contribution in [0.3, 0.4) is 0 Å². The number of hydrogen-bond acceptors (Lipinski definition) is 4. The SMILES string of the molecule is CC#CCN1C(=O)c2ccccc2Sc2cc(NC(=O)C3CC4(COC4)C3)ccc21. The average molecular weight is 419 g/mol. The van der Waals surface area contributed by atoms with Crippen molar-refractivity contribution in [2.75, 3.05) is 30.0 Å². The van der Waals surface area contributed by atoms with Gasteiger partial charge in [0.2, 0.25) is 5.91 Å². The van der Waals surface area contributed by atoms with Crippen LogP contribution in [0.25, 0.3) is 0 Å². The van der Waals surface area contributed by atoms with Crippen LogP contribution in [0.4, 0.5) is 11.4 Å². The molecule has 0 bridgehead atoms. The molecule has 0 aromatic heterocycles. The molecule has 2 aromatic carbocycles. The third kappa shape index (κ3) is 3.28. The Morgan fingerprint density at radius 2 is 2.03 bits per heavy atom. The fourth-order valence-electron chi connectivity index (χ4n) is 4.36. The first-order chi connectivity index (χ1) is 14.6. The molecule has 0 radical (unpaired) electrons. The minimum atomic E-state index is -0.0566. The highest BCUT2D eigenvalue weighted by atomic mass is 32.2. The lowest BCUT2D eigenvalue weighted by atomic mass is 9.60. The molecular formula is C24H22N2O3S. The van der Waals surface area contributed by atoms with Crippen LogP contribution in [0, 0.1) is 23.2 Å². The molecule has 1 saturated heterocycles. The van der Waals surface area contributed by atoms with Crippen molar-refractivity contribution in [3.05, 3.63) is 48.0 Å². The molecule has 5 nitrogen and oxygen atoms in total. The minimum absolute atomic E-state index is 0.0546. The molecule has 2 aromatic rings. The maximum Gasteiger partial charge on any atom is 0.260 e. The fraction of sp³-hybridized carbons (Fsp3) is 0.333. The van der Waals surface area contributed by atoms with Gasteiger partial charge in [0.05, 0.1) is 31.0 Å². The Labute approximate surface area is 180 Å². The van der Waals surface area contributed by atoms with Gasteiger partial charge in [-0.3, -0.25) is 14.5 Å². The molecule has 1 spiro atoms. The number of fused-ring (bicyclic) bond motifs is 2. The standard InChI is InChI=1S/C24H22N2O3S/c1-2-3-10-26-19-9-8-17(25-22(27)16-12-24(13-16)14-29-15-24)11-21(19)30-20-7-5-4-6-18(20)23(26)28/h4-9,11,16H,10,12-15H2,1H3,(H,25,27). The molecule has 30 heavy (non-hydrogen) atoms. The van der Waals surface area contributed by atoms with Gasteiger partial charge in [-0.1, -0.05) is 29.8 Å². The number of benzene rings is 2. The summed E-state index contributed by atoms with van der Waals surface area (Å²) in [5.41, 5.74) is 2.50. The second-order valence-electron chi connectivity index (χ2n) is 8.19. The van der Waals surface area contributed by atoms with Crippen LogP contribution in [0.5, 0.6) is 0 Å². The number of amides is 2. The van der Waals surface area contributed by atoms with Crippen molar-refractivity contribution < 1.29 is 14.3 Å². The van der Waals surface area contributed by atoms with Crippen LogP contribution < -0.4 is 10.2 Å². The van der Waals surface area contributed by atoms with E-state index in [2.05, 4.69) is 17.2 Å². The van der Waals surface area contributed by atoms with Gasteiger partial charge in [0.1, 0.15) is 0 Å². The van der Waals surface area contributed by atoms with E-state index in [-0.39, 0.29) is 23.1 Å². The molecule has 2 fully saturated rings. The molecule has 6 heteroatoms. The molecule has 1 aliphatic carbocycles. The second kappa shape index (κ2) is 7.50. The molecule has 152 valence electrons. The first-order valence-corrected chi connectivity index (χ1v) is 10.9. The zero-order chi connectivity index (χ0) is 20.7. The van der Waals surface area contributed by atoms with Gasteiger partial charge in [0, 0.05) is 26.8 Å². The molecule has 2 heterocycles. The smallest absolute Gasteiger partial charge is 0.260 e. The molecule has 0 atom stereocenters. The lowest BCUT2D eigenvalue weighted by molar-refractivity contribution is -0.181. The van der Waals surface area contributed by atoms with E-state index in [9.17, 15) is 9.59 Å². The van der Waals surface area contributed by atoms with Crippen molar-refractivity contribution in [1.29, 1.82) is 0 Å². The van der Waals surface area contributed by atoms with E-state index in [4.69, 9.17) is 4.74 Å². The Balaban J connectivity index is 1.42. The lowest BCUT2D eigenvalue weighted by Crippen LogP contribution is -2.54. The topological polar surface area (TPSA) is 58.6 Å². The highest BCUT2D eigenvalue weighted by Gasteiger charge is 2.52. The van der Waals surface area contributed by atoms with Crippen molar-refractivity contribution in [2.45, 2.75) is 29.6 Å². The average Bonchev–Trinajstić information content (AvgIpc) is 2.78. The third-order valence-corrected chi connectivity index (χ3v) is 7.18. The van der Waals surface area contributed by atoms with Crippen molar-refractivity contribution in [3.8, 4) is 11.8 Å². The van der Waals surface area contributed by atoms with Crippen LogP contribution in [-0.2, 0) is 9.53 Å². The molecule has 2 aliphatic heterocycles. The number of carbonyl (C=O) groups is 2. The predicted molar refractivity (Wildman–Crippen MR) is 117 cm³/mol. The summed E-state index contributed by atoms with van der Waals surface area (Å²) in [6, 6.07) is 13.3. The quantitative estimate of drug-likeness (QED) is 0.760. The van der Waals surface area contributed by atoms with Crippen molar-refractivity contribution in [1.82, 2.24) is 0 Å².